The maximum absolute atomic E-state index is 12.3. The molecule has 0 atom stereocenters. The lowest BCUT2D eigenvalue weighted by Crippen LogP contribution is -2.25. The third kappa shape index (κ3) is 4.27. The van der Waals surface area contributed by atoms with Gasteiger partial charge in [-0.05, 0) is 42.5 Å². The highest BCUT2D eigenvalue weighted by Gasteiger charge is 2.30. The third-order valence-electron chi connectivity index (χ3n) is 4.66. The predicted molar refractivity (Wildman–Crippen MR) is 98.5 cm³/mol. The highest BCUT2D eigenvalue weighted by molar-refractivity contribution is 5.96. The van der Waals surface area contributed by atoms with Crippen molar-refractivity contribution < 1.29 is 14.3 Å². The van der Waals surface area contributed by atoms with Gasteiger partial charge in [-0.25, -0.2) is 0 Å². The largest absolute Gasteiger partial charge is 0.355 e. The van der Waals surface area contributed by atoms with Crippen molar-refractivity contribution in [3.05, 3.63) is 59.7 Å². The first-order valence-electron chi connectivity index (χ1n) is 8.80. The molecule has 1 aliphatic heterocycles. The van der Waals surface area contributed by atoms with Gasteiger partial charge < -0.3 is 14.8 Å². The van der Waals surface area contributed by atoms with Crippen molar-refractivity contribution in [2.24, 2.45) is 0 Å². The van der Waals surface area contributed by atoms with Crippen LogP contribution in [-0.4, -0.2) is 32.0 Å². The molecule has 4 nitrogen and oxygen atoms in total. The van der Waals surface area contributed by atoms with E-state index in [2.05, 4.69) is 29.6 Å². The van der Waals surface area contributed by atoms with Crippen molar-refractivity contribution in [3.63, 3.8) is 0 Å². The van der Waals surface area contributed by atoms with Gasteiger partial charge in [0.2, 0.25) is 0 Å². The van der Waals surface area contributed by atoms with E-state index in [1.807, 2.05) is 31.2 Å². The van der Waals surface area contributed by atoms with Crippen LogP contribution in [0.1, 0.15) is 35.7 Å². The van der Waals surface area contributed by atoms with Crippen molar-refractivity contribution in [1.82, 2.24) is 5.32 Å². The second-order valence-electron chi connectivity index (χ2n) is 6.50. The Morgan fingerprint density at radius 3 is 2.48 bits per heavy atom. The summed E-state index contributed by atoms with van der Waals surface area (Å²) in [7, 11) is 1.67. The Kier molecular flexibility index (Phi) is 5.51. The van der Waals surface area contributed by atoms with E-state index in [1.54, 1.807) is 7.05 Å². The molecule has 0 aromatic heterocycles. The summed E-state index contributed by atoms with van der Waals surface area (Å²) in [6.07, 6.45) is 2.55. The van der Waals surface area contributed by atoms with Crippen molar-refractivity contribution in [3.8, 4) is 11.1 Å². The number of amides is 1. The van der Waals surface area contributed by atoms with E-state index < -0.39 is 5.79 Å². The minimum atomic E-state index is -0.475. The molecule has 1 saturated heterocycles. The van der Waals surface area contributed by atoms with Crippen molar-refractivity contribution in [2.45, 2.75) is 32.0 Å². The van der Waals surface area contributed by atoms with Gasteiger partial charge in [0.1, 0.15) is 0 Å². The Morgan fingerprint density at radius 2 is 1.80 bits per heavy atom. The van der Waals surface area contributed by atoms with Gasteiger partial charge in [0.05, 0.1) is 13.2 Å². The van der Waals surface area contributed by atoms with Crippen molar-refractivity contribution >= 4 is 5.91 Å². The number of hydrogen-bond donors (Lipinski definition) is 1. The number of hydrogen-bond acceptors (Lipinski definition) is 3. The van der Waals surface area contributed by atoms with Crippen LogP contribution >= 0.6 is 0 Å². The number of carbonyl (C=O) groups is 1. The van der Waals surface area contributed by atoms with Crippen LogP contribution in [0.3, 0.4) is 0 Å². The Morgan fingerprint density at radius 1 is 1.08 bits per heavy atom. The molecule has 0 spiro atoms. The minimum Gasteiger partial charge on any atom is -0.355 e. The Hall–Kier alpha value is -2.17. The first-order chi connectivity index (χ1) is 12.1. The van der Waals surface area contributed by atoms with Crippen LogP contribution in [0.25, 0.3) is 11.1 Å². The first kappa shape index (κ1) is 17.6. The van der Waals surface area contributed by atoms with E-state index in [1.165, 1.54) is 0 Å². The van der Waals surface area contributed by atoms with Crippen LogP contribution in [0.15, 0.2) is 48.5 Å². The molecule has 2 aromatic rings. The zero-order valence-corrected chi connectivity index (χ0v) is 14.9. The molecule has 1 fully saturated rings. The van der Waals surface area contributed by atoms with E-state index in [-0.39, 0.29) is 5.91 Å². The Labute approximate surface area is 149 Å². The monoisotopic (exact) mass is 339 g/mol. The minimum absolute atomic E-state index is 0.0487. The fourth-order valence-electron chi connectivity index (χ4n) is 3.25. The topological polar surface area (TPSA) is 47.6 Å². The number of benzene rings is 2. The van der Waals surface area contributed by atoms with Crippen molar-refractivity contribution in [2.75, 3.05) is 20.3 Å². The summed E-state index contributed by atoms with van der Waals surface area (Å²) in [4.78, 5) is 12.3. The quantitative estimate of drug-likeness (QED) is 0.871. The second kappa shape index (κ2) is 7.81. The summed E-state index contributed by atoms with van der Waals surface area (Å²) in [6, 6.07) is 16.2. The lowest BCUT2D eigenvalue weighted by atomic mass is 9.95. The van der Waals surface area contributed by atoms with E-state index in [9.17, 15) is 4.79 Å². The molecule has 1 amide bonds. The molecular formula is C21H25NO3. The first-order valence-corrected chi connectivity index (χ1v) is 8.80. The highest BCUT2D eigenvalue weighted by Crippen LogP contribution is 2.27. The Balaban J connectivity index is 1.77. The predicted octanol–water partition coefficient (Wildman–Crippen LogP) is 3.80. The molecule has 0 bridgehead atoms. The van der Waals surface area contributed by atoms with Gasteiger partial charge in [0, 0.05) is 19.0 Å². The molecule has 1 heterocycles. The van der Waals surface area contributed by atoms with Gasteiger partial charge in [-0.2, -0.15) is 0 Å². The van der Waals surface area contributed by atoms with Crippen LogP contribution in [-0.2, 0) is 15.9 Å². The molecule has 0 unspecified atom stereocenters. The zero-order chi connectivity index (χ0) is 17.7. The molecule has 25 heavy (non-hydrogen) atoms. The molecule has 2 aromatic carbocycles. The molecule has 1 N–H and O–H groups in total. The average Bonchev–Trinajstić information content (AvgIpc) is 3.08. The maximum atomic E-state index is 12.3. The number of carbonyl (C=O) groups excluding carboxylic acids is 1. The number of rotatable bonds is 6. The third-order valence-corrected chi connectivity index (χ3v) is 4.66. The summed E-state index contributed by atoms with van der Waals surface area (Å²) in [5.41, 5.74) is 3.96. The van der Waals surface area contributed by atoms with Gasteiger partial charge >= 0.3 is 0 Å². The standard InChI is InChI=1S/C21H25NO3/c1-21(24-13-14-25-21)12-6-9-17-10-11-18(15-19(17)20(23)22-2)16-7-4-3-5-8-16/h3-5,7-8,10-11,15H,6,9,12-14H2,1-2H3,(H,22,23). The normalized spacial score (nSPS) is 15.9. The van der Waals surface area contributed by atoms with Crippen LogP contribution < -0.4 is 5.32 Å². The second-order valence-corrected chi connectivity index (χ2v) is 6.50. The van der Waals surface area contributed by atoms with Gasteiger partial charge in [-0.1, -0.05) is 42.5 Å². The number of ether oxygens (including phenoxy) is 2. The van der Waals surface area contributed by atoms with E-state index in [0.717, 1.165) is 41.5 Å². The SMILES string of the molecule is CNC(=O)c1cc(-c2ccccc2)ccc1CCCC1(C)OCCO1. The van der Waals surface area contributed by atoms with E-state index in [0.29, 0.717) is 13.2 Å². The van der Waals surface area contributed by atoms with Crippen LogP contribution in [0, 0.1) is 0 Å². The molecule has 3 rings (SSSR count). The lowest BCUT2D eigenvalue weighted by molar-refractivity contribution is -0.147. The van der Waals surface area contributed by atoms with Gasteiger partial charge in [0.25, 0.3) is 5.91 Å². The fraction of sp³-hybridized carbons (Fsp3) is 0.381. The molecule has 4 heteroatoms. The molecular weight excluding hydrogens is 314 g/mol. The zero-order valence-electron chi connectivity index (χ0n) is 14.9. The van der Waals surface area contributed by atoms with Gasteiger partial charge in [-0.3, -0.25) is 4.79 Å². The van der Waals surface area contributed by atoms with Gasteiger partial charge in [0.15, 0.2) is 5.79 Å². The molecule has 0 aliphatic carbocycles. The summed E-state index contributed by atoms with van der Waals surface area (Å²) in [5.74, 6) is -0.524. The number of nitrogens with one attached hydrogen (secondary N) is 1. The summed E-state index contributed by atoms with van der Waals surface area (Å²) in [5, 5.41) is 2.75. The van der Waals surface area contributed by atoms with Crippen LogP contribution in [0.5, 0.6) is 0 Å². The number of aryl methyl sites for hydroxylation is 1. The van der Waals surface area contributed by atoms with Crippen LogP contribution in [0.4, 0.5) is 0 Å². The summed E-state index contributed by atoms with van der Waals surface area (Å²) in [6.45, 7) is 3.30. The Bertz CT molecular complexity index is 721. The lowest BCUT2D eigenvalue weighted by Gasteiger charge is -2.22. The summed E-state index contributed by atoms with van der Waals surface area (Å²) < 4.78 is 11.3. The van der Waals surface area contributed by atoms with E-state index >= 15 is 0 Å². The molecule has 0 radical (unpaired) electrons. The molecule has 132 valence electrons. The average molecular weight is 339 g/mol. The molecule has 0 saturated carbocycles. The fourth-order valence-corrected chi connectivity index (χ4v) is 3.25. The highest BCUT2D eigenvalue weighted by atomic mass is 16.7. The maximum Gasteiger partial charge on any atom is 0.251 e. The van der Waals surface area contributed by atoms with Crippen molar-refractivity contribution in [1.29, 1.82) is 0 Å². The van der Waals surface area contributed by atoms with Crippen LogP contribution in [0.2, 0.25) is 0 Å². The smallest absolute Gasteiger partial charge is 0.251 e. The molecule has 1 aliphatic rings. The summed E-state index contributed by atoms with van der Waals surface area (Å²) >= 11 is 0. The van der Waals surface area contributed by atoms with E-state index in [4.69, 9.17) is 9.47 Å². The van der Waals surface area contributed by atoms with Gasteiger partial charge in [-0.15, -0.1) is 0 Å².